The molecule has 4 rings (SSSR count). The molecule has 4 aromatic rings. The lowest BCUT2D eigenvalue weighted by molar-refractivity contribution is 0.0896. The lowest BCUT2D eigenvalue weighted by atomic mass is 10.0. The van der Waals surface area contributed by atoms with Gasteiger partial charge >= 0.3 is 0 Å². The first kappa shape index (κ1) is 24.8. The molecule has 0 unspecified atom stereocenters. The largest absolute Gasteiger partial charge is 0.382 e. The van der Waals surface area contributed by atoms with Crippen LogP contribution in [-0.2, 0) is 27.5 Å². The first-order valence-corrected chi connectivity index (χ1v) is 14.5. The summed E-state index contributed by atoms with van der Waals surface area (Å²) in [7, 11) is -6.12. The van der Waals surface area contributed by atoms with Crippen LogP contribution in [-0.4, -0.2) is 45.0 Å². The number of benzene rings is 3. The Morgan fingerprint density at radius 1 is 1.13 bits per heavy atom. The molecule has 0 radical (unpaired) electrons. The number of methoxy groups -OCH3 is 1. The van der Waals surface area contributed by atoms with Crippen LogP contribution < -0.4 is 5.32 Å². The van der Waals surface area contributed by atoms with Crippen molar-refractivity contribution in [1.29, 1.82) is 0 Å². The summed E-state index contributed by atoms with van der Waals surface area (Å²) in [6, 6.07) is 17.7. The van der Waals surface area contributed by atoms with Crippen LogP contribution in [0, 0.1) is 6.92 Å². The predicted octanol–water partition coefficient (Wildman–Crippen LogP) is 6.07. The van der Waals surface area contributed by atoms with Crippen LogP contribution in [0.15, 0.2) is 71.6 Å². The van der Waals surface area contributed by atoms with Crippen molar-refractivity contribution in [3.63, 3.8) is 0 Å². The van der Waals surface area contributed by atoms with Crippen molar-refractivity contribution < 1.29 is 26.5 Å². The van der Waals surface area contributed by atoms with Gasteiger partial charge in [-0.1, -0.05) is 36.7 Å². The van der Waals surface area contributed by atoms with E-state index >= 15 is 0 Å². The Hall–Kier alpha value is -3.20. The molecule has 3 aromatic carbocycles. The number of carbonyl (C=O) groups is 1. The van der Waals surface area contributed by atoms with Crippen molar-refractivity contribution in [2.75, 3.05) is 26.1 Å². The molecule has 0 aliphatic carbocycles. The van der Waals surface area contributed by atoms with Crippen LogP contribution in [0.2, 0.25) is 5.02 Å². The number of hydrogen-bond acceptors (Lipinski definition) is 4. The van der Waals surface area contributed by atoms with E-state index in [2.05, 4.69) is 5.32 Å². The van der Waals surface area contributed by atoms with Gasteiger partial charge in [0.2, 0.25) is 0 Å². The molecule has 0 fully saturated rings. The normalized spacial score (nSPS) is 14.0. The van der Waals surface area contributed by atoms with E-state index in [1.165, 1.54) is 24.3 Å². The van der Waals surface area contributed by atoms with Gasteiger partial charge in [0.1, 0.15) is 6.67 Å². The Morgan fingerprint density at radius 2 is 1.90 bits per heavy atom. The predicted molar refractivity (Wildman–Crippen MR) is 153 cm³/mol. The Labute approximate surface area is 237 Å². The number of amides is 1. The molecule has 1 heterocycles. The number of halogens is 2. The molecule has 1 atom stereocenters. The molecular weight excluding hydrogens is 539 g/mol. The van der Waals surface area contributed by atoms with Crippen LogP contribution in [0.4, 0.5) is 4.39 Å². The SMILES string of the molecule is [2H]C([2H])([2H])OC[C@H](NC(=O)c1ccc2c(c1)cc(Cc1ccc(Cl)cc1C)n2CCF)c1ccc(S(=O)(=O)CC)cc1. The van der Waals surface area contributed by atoms with E-state index in [0.717, 1.165) is 27.7 Å². The zero-order chi connectivity index (χ0) is 30.7. The van der Waals surface area contributed by atoms with Crippen LogP contribution in [0.5, 0.6) is 0 Å². The van der Waals surface area contributed by atoms with Crippen LogP contribution >= 0.6 is 11.6 Å². The highest BCUT2D eigenvalue weighted by Crippen LogP contribution is 2.26. The summed E-state index contributed by atoms with van der Waals surface area (Å²) >= 11 is 6.11. The highest BCUT2D eigenvalue weighted by molar-refractivity contribution is 7.91. The lowest BCUT2D eigenvalue weighted by Crippen LogP contribution is -2.31. The van der Waals surface area contributed by atoms with E-state index in [0.29, 0.717) is 22.6 Å². The van der Waals surface area contributed by atoms with E-state index < -0.39 is 35.5 Å². The maximum absolute atomic E-state index is 13.5. The molecule has 1 N–H and O–H groups in total. The Balaban J connectivity index is 1.63. The molecule has 0 saturated carbocycles. The number of fused-ring (bicyclic) bond motifs is 1. The molecule has 6 nitrogen and oxygen atoms in total. The second kappa shape index (κ2) is 12.3. The van der Waals surface area contributed by atoms with Crippen molar-refractivity contribution in [2.45, 2.75) is 37.8 Å². The third-order valence-electron chi connectivity index (χ3n) is 6.81. The van der Waals surface area contributed by atoms with Gasteiger partial charge in [0.25, 0.3) is 5.91 Å². The fourth-order valence-electron chi connectivity index (χ4n) is 4.64. The zero-order valence-corrected chi connectivity index (χ0v) is 23.3. The Bertz CT molecular complexity index is 1690. The first-order chi connectivity index (χ1) is 19.8. The second-order valence-electron chi connectivity index (χ2n) is 9.31. The number of rotatable bonds is 11. The van der Waals surface area contributed by atoms with Gasteiger partial charge in [-0.05, 0) is 72.1 Å². The van der Waals surface area contributed by atoms with Crippen molar-refractivity contribution in [3.8, 4) is 0 Å². The van der Waals surface area contributed by atoms with Crippen molar-refractivity contribution in [1.82, 2.24) is 9.88 Å². The van der Waals surface area contributed by atoms with Gasteiger partial charge in [0, 0.05) is 40.6 Å². The fraction of sp³-hybridized carbons (Fsp3) is 0.300. The number of nitrogens with one attached hydrogen (secondary N) is 1. The molecule has 1 aromatic heterocycles. The third kappa shape index (κ3) is 6.52. The minimum Gasteiger partial charge on any atom is -0.382 e. The van der Waals surface area contributed by atoms with E-state index in [1.807, 2.05) is 35.8 Å². The molecule has 206 valence electrons. The van der Waals surface area contributed by atoms with Crippen LogP contribution in [0.3, 0.4) is 0 Å². The maximum Gasteiger partial charge on any atom is 0.251 e. The number of ether oxygens (including phenoxy) is 1. The fourth-order valence-corrected chi connectivity index (χ4v) is 5.75. The smallest absolute Gasteiger partial charge is 0.251 e. The molecular formula is C30H32ClFN2O4S. The Kier molecular flexibility index (Phi) is 7.84. The first-order valence-electron chi connectivity index (χ1n) is 14.0. The number of sulfone groups is 1. The standard InChI is InChI=1S/C30H32ClFN2O4S/c1-4-39(36,37)27-10-6-21(7-11-27)28(19-38-3)33-30(35)23-8-12-29-24(16-23)18-26(34(29)14-13-32)17-22-5-9-25(31)15-20(22)2/h5-12,15-16,18,28H,4,13-14,17,19H2,1-3H3,(H,33,35)/t28-/m0/s1/i3D3. The third-order valence-corrected chi connectivity index (χ3v) is 8.80. The van der Waals surface area contributed by atoms with Gasteiger partial charge in [0.05, 0.1) is 34.0 Å². The van der Waals surface area contributed by atoms with Gasteiger partial charge in [-0.25, -0.2) is 12.8 Å². The highest BCUT2D eigenvalue weighted by atomic mass is 35.5. The van der Waals surface area contributed by atoms with Crippen molar-refractivity contribution in [3.05, 3.63) is 99.7 Å². The molecule has 0 saturated heterocycles. The summed E-state index contributed by atoms with van der Waals surface area (Å²) in [6.07, 6.45) is 0.553. The van der Waals surface area contributed by atoms with Gasteiger partial charge < -0.3 is 14.6 Å². The van der Waals surface area contributed by atoms with Crippen LogP contribution in [0.1, 0.15) is 49.8 Å². The zero-order valence-electron chi connectivity index (χ0n) is 24.7. The minimum absolute atomic E-state index is 0.0643. The van der Waals surface area contributed by atoms with Gasteiger partial charge in [0.15, 0.2) is 9.84 Å². The number of carbonyl (C=O) groups excluding carboxylic acids is 1. The number of alkyl halides is 1. The van der Waals surface area contributed by atoms with Crippen molar-refractivity contribution in [2.24, 2.45) is 0 Å². The lowest BCUT2D eigenvalue weighted by Gasteiger charge is -2.19. The summed E-state index contributed by atoms with van der Waals surface area (Å²) in [6.45, 7) is 2.76. The van der Waals surface area contributed by atoms with E-state index in [1.54, 1.807) is 25.1 Å². The average molecular weight is 574 g/mol. The van der Waals surface area contributed by atoms with E-state index in [-0.39, 0.29) is 23.8 Å². The average Bonchev–Trinajstić information content (AvgIpc) is 3.28. The summed E-state index contributed by atoms with van der Waals surface area (Å²) in [5, 5.41) is 4.21. The number of aromatic nitrogens is 1. The monoisotopic (exact) mass is 573 g/mol. The van der Waals surface area contributed by atoms with E-state index in [9.17, 15) is 17.6 Å². The quantitative estimate of drug-likeness (QED) is 0.236. The molecule has 0 spiro atoms. The van der Waals surface area contributed by atoms with E-state index in [4.69, 9.17) is 20.5 Å². The number of nitrogens with zero attached hydrogens (tertiary/aromatic N) is 1. The number of hydrogen-bond donors (Lipinski definition) is 1. The minimum atomic E-state index is -3.43. The maximum atomic E-state index is 13.5. The van der Waals surface area contributed by atoms with Crippen LogP contribution in [0.25, 0.3) is 10.9 Å². The molecule has 0 bridgehead atoms. The molecule has 39 heavy (non-hydrogen) atoms. The number of aryl methyl sites for hydroxylation is 2. The topological polar surface area (TPSA) is 77.4 Å². The molecule has 0 aliphatic heterocycles. The van der Waals surface area contributed by atoms with Gasteiger partial charge in [-0.3, -0.25) is 4.79 Å². The molecule has 1 amide bonds. The van der Waals surface area contributed by atoms with Gasteiger partial charge in [-0.15, -0.1) is 0 Å². The van der Waals surface area contributed by atoms with Gasteiger partial charge in [-0.2, -0.15) is 0 Å². The highest BCUT2D eigenvalue weighted by Gasteiger charge is 2.19. The van der Waals surface area contributed by atoms with Crippen molar-refractivity contribution >= 4 is 38.2 Å². The summed E-state index contributed by atoms with van der Waals surface area (Å²) in [5.41, 5.74) is 4.54. The summed E-state index contributed by atoms with van der Waals surface area (Å²) < 4.78 is 67.1. The molecule has 0 aliphatic rings. The second-order valence-corrected chi connectivity index (χ2v) is 12.0. The Morgan fingerprint density at radius 3 is 2.56 bits per heavy atom. The molecule has 9 heteroatoms. The summed E-state index contributed by atoms with van der Waals surface area (Å²) in [5.74, 6) is -0.541. The summed E-state index contributed by atoms with van der Waals surface area (Å²) in [4.78, 5) is 13.5.